The minimum atomic E-state index is -0.646. The zero-order valence-corrected chi connectivity index (χ0v) is 9.46. The number of hydrogen-bond donors (Lipinski definition) is 1. The van der Waals surface area contributed by atoms with Crippen molar-refractivity contribution in [2.75, 3.05) is 0 Å². The molecule has 2 rings (SSSR count). The maximum atomic E-state index is 10.9. The molecule has 0 radical (unpaired) electrons. The van der Waals surface area contributed by atoms with Gasteiger partial charge in [-0.15, -0.1) is 11.8 Å². The van der Waals surface area contributed by atoms with E-state index in [1.165, 1.54) is 10.5 Å². The van der Waals surface area contributed by atoms with Crippen LogP contribution in [0.5, 0.6) is 0 Å². The minimum absolute atomic E-state index is 0.144. The van der Waals surface area contributed by atoms with E-state index in [0.717, 1.165) is 12.8 Å². The molecule has 1 N–H and O–H groups in total. The first-order valence-corrected chi connectivity index (χ1v) is 6.01. The van der Waals surface area contributed by atoms with Crippen molar-refractivity contribution >= 4 is 17.7 Å². The first-order valence-electron chi connectivity index (χ1n) is 5.13. The first-order chi connectivity index (χ1) is 7.18. The van der Waals surface area contributed by atoms with E-state index in [2.05, 4.69) is 19.1 Å². The Morgan fingerprint density at radius 2 is 2.13 bits per heavy atom. The van der Waals surface area contributed by atoms with Crippen molar-refractivity contribution in [2.24, 2.45) is 5.92 Å². The number of thioether (sulfide) groups is 1. The van der Waals surface area contributed by atoms with Gasteiger partial charge in [0, 0.05) is 10.1 Å². The zero-order chi connectivity index (χ0) is 10.8. The summed E-state index contributed by atoms with van der Waals surface area (Å²) >= 11 is 1.71. The van der Waals surface area contributed by atoms with Crippen LogP contribution in [-0.2, 0) is 4.79 Å². The Balaban J connectivity index is 2.04. The zero-order valence-electron chi connectivity index (χ0n) is 8.64. The maximum absolute atomic E-state index is 10.9. The molecule has 1 aliphatic rings. The van der Waals surface area contributed by atoms with Crippen LogP contribution in [0.4, 0.5) is 0 Å². The van der Waals surface area contributed by atoms with Gasteiger partial charge in [-0.05, 0) is 31.4 Å². The molecule has 15 heavy (non-hydrogen) atoms. The number of aliphatic carboxylic acids is 1. The van der Waals surface area contributed by atoms with E-state index >= 15 is 0 Å². The lowest BCUT2D eigenvalue weighted by atomic mass is 9.85. The molecular formula is C12H14O2S. The summed E-state index contributed by atoms with van der Waals surface area (Å²) in [6.07, 6.45) is 1.86. The second kappa shape index (κ2) is 4.27. The molecule has 0 amide bonds. The highest BCUT2D eigenvalue weighted by atomic mass is 32.2. The van der Waals surface area contributed by atoms with Gasteiger partial charge in [0.2, 0.25) is 0 Å². The van der Waals surface area contributed by atoms with Crippen LogP contribution in [0.2, 0.25) is 0 Å². The van der Waals surface area contributed by atoms with Crippen LogP contribution in [0.25, 0.3) is 0 Å². The third kappa shape index (κ3) is 2.17. The van der Waals surface area contributed by atoms with Gasteiger partial charge in [-0.3, -0.25) is 4.79 Å². The predicted molar refractivity (Wildman–Crippen MR) is 61.2 cm³/mol. The van der Waals surface area contributed by atoms with E-state index in [9.17, 15) is 4.79 Å². The van der Waals surface area contributed by atoms with Crippen LogP contribution in [0, 0.1) is 12.8 Å². The molecule has 0 spiro atoms. The molecule has 2 unspecified atom stereocenters. The highest BCUT2D eigenvalue weighted by Gasteiger charge is 2.37. The Bertz CT molecular complexity index is 376. The summed E-state index contributed by atoms with van der Waals surface area (Å²) in [5.74, 6) is -0.790. The van der Waals surface area contributed by atoms with Gasteiger partial charge in [-0.25, -0.2) is 0 Å². The molecule has 1 fully saturated rings. The average molecular weight is 222 g/mol. The smallest absolute Gasteiger partial charge is 0.307 e. The fourth-order valence-electron chi connectivity index (χ4n) is 1.74. The van der Waals surface area contributed by atoms with Crippen molar-refractivity contribution < 1.29 is 9.90 Å². The fourth-order valence-corrected chi connectivity index (χ4v) is 3.15. The summed E-state index contributed by atoms with van der Waals surface area (Å²) < 4.78 is 0. The Morgan fingerprint density at radius 3 is 2.67 bits per heavy atom. The standard InChI is InChI=1S/C12H14O2S/c1-8-4-2-3-5-10(8)15-11-7-6-9(11)12(13)14/h2-5,9,11H,6-7H2,1H3,(H,13,14). The highest BCUT2D eigenvalue weighted by molar-refractivity contribution is 8.00. The summed E-state index contributed by atoms with van der Waals surface area (Å²) in [7, 11) is 0. The third-order valence-electron chi connectivity index (χ3n) is 2.90. The minimum Gasteiger partial charge on any atom is -0.481 e. The number of hydrogen-bond acceptors (Lipinski definition) is 2. The van der Waals surface area contributed by atoms with E-state index in [0.29, 0.717) is 0 Å². The summed E-state index contributed by atoms with van der Waals surface area (Å²) in [6.45, 7) is 2.07. The molecule has 0 saturated heterocycles. The van der Waals surface area contributed by atoms with Gasteiger partial charge < -0.3 is 5.11 Å². The quantitative estimate of drug-likeness (QED) is 0.854. The molecule has 1 aliphatic carbocycles. The highest BCUT2D eigenvalue weighted by Crippen LogP contribution is 2.42. The Morgan fingerprint density at radius 1 is 1.40 bits per heavy atom. The second-order valence-corrected chi connectivity index (χ2v) is 5.22. The number of benzene rings is 1. The van der Waals surface area contributed by atoms with Crippen LogP contribution >= 0.6 is 11.8 Å². The van der Waals surface area contributed by atoms with Gasteiger partial charge in [0.25, 0.3) is 0 Å². The third-order valence-corrected chi connectivity index (χ3v) is 4.48. The van der Waals surface area contributed by atoms with Crippen molar-refractivity contribution in [1.82, 2.24) is 0 Å². The van der Waals surface area contributed by atoms with Gasteiger partial charge in [0.1, 0.15) is 0 Å². The largest absolute Gasteiger partial charge is 0.481 e. The summed E-state index contributed by atoms with van der Waals surface area (Å²) in [5.41, 5.74) is 1.23. The number of aryl methyl sites for hydroxylation is 1. The number of carbonyl (C=O) groups is 1. The van der Waals surface area contributed by atoms with Gasteiger partial charge >= 0.3 is 5.97 Å². The topological polar surface area (TPSA) is 37.3 Å². The van der Waals surface area contributed by atoms with Crippen LogP contribution < -0.4 is 0 Å². The van der Waals surface area contributed by atoms with Crippen molar-refractivity contribution in [1.29, 1.82) is 0 Å². The monoisotopic (exact) mass is 222 g/mol. The van der Waals surface area contributed by atoms with Crippen molar-refractivity contribution in [3.8, 4) is 0 Å². The van der Waals surface area contributed by atoms with E-state index < -0.39 is 5.97 Å². The van der Waals surface area contributed by atoms with Crippen LogP contribution in [0.15, 0.2) is 29.2 Å². The number of rotatable bonds is 3. The predicted octanol–water partition coefficient (Wildman–Crippen LogP) is 2.95. The van der Waals surface area contributed by atoms with Crippen molar-refractivity contribution in [2.45, 2.75) is 29.9 Å². The molecule has 0 aromatic heterocycles. The molecular weight excluding hydrogens is 208 g/mol. The molecule has 3 heteroatoms. The van der Waals surface area contributed by atoms with Crippen LogP contribution in [-0.4, -0.2) is 16.3 Å². The van der Waals surface area contributed by atoms with Crippen LogP contribution in [0.1, 0.15) is 18.4 Å². The average Bonchev–Trinajstić information content (AvgIpc) is 2.13. The van der Waals surface area contributed by atoms with Crippen LogP contribution in [0.3, 0.4) is 0 Å². The van der Waals surface area contributed by atoms with Crippen molar-refractivity contribution in [3.05, 3.63) is 29.8 Å². The molecule has 1 saturated carbocycles. The first kappa shape index (κ1) is 10.6. The molecule has 2 atom stereocenters. The summed E-state index contributed by atoms with van der Waals surface area (Å²) in [4.78, 5) is 12.1. The summed E-state index contributed by atoms with van der Waals surface area (Å²) in [6, 6.07) is 8.15. The van der Waals surface area contributed by atoms with E-state index in [-0.39, 0.29) is 11.2 Å². The van der Waals surface area contributed by atoms with Gasteiger partial charge in [0.05, 0.1) is 5.92 Å². The summed E-state index contributed by atoms with van der Waals surface area (Å²) in [5, 5.41) is 9.20. The van der Waals surface area contributed by atoms with E-state index in [4.69, 9.17) is 5.11 Å². The van der Waals surface area contributed by atoms with Gasteiger partial charge in [-0.2, -0.15) is 0 Å². The lowest BCUT2D eigenvalue weighted by Gasteiger charge is -2.32. The maximum Gasteiger partial charge on any atom is 0.307 e. The molecule has 0 heterocycles. The van der Waals surface area contributed by atoms with Gasteiger partial charge in [-0.1, -0.05) is 18.2 Å². The molecule has 0 aliphatic heterocycles. The normalized spacial score (nSPS) is 24.6. The molecule has 1 aromatic rings. The van der Waals surface area contributed by atoms with Gasteiger partial charge in [0.15, 0.2) is 0 Å². The molecule has 1 aromatic carbocycles. The van der Waals surface area contributed by atoms with E-state index in [1.807, 2.05) is 12.1 Å². The second-order valence-electron chi connectivity index (χ2n) is 3.94. The Labute approximate surface area is 93.7 Å². The van der Waals surface area contributed by atoms with E-state index in [1.54, 1.807) is 11.8 Å². The Hall–Kier alpha value is -0.960. The van der Waals surface area contributed by atoms with Crippen molar-refractivity contribution in [3.63, 3.8) is 0 Å². The lowest BCUT2D eigenvalue weighted by Crippen LogP contribution is -2.35. The molecule has 80 valence electrons. The number of carboxylic acids is 1. The lowest BCUT2D eigenvalue weighted by molar-refractivity contribution is -0.144. The Kier molecular flexibility index (Phi) is 3.00. The number of carboxylic acid groups (broad SMARTS) is 1. The fraction of sp³-hybridized carbons (Fsp3) is 0.417. The molecule has 2 nitrogen and oxygen atoms in total. The molecule has 0 bridgehead atoms. The SMILES string of the molecule is Cc1ccccc1SC1CCC1C(=O)O.